The van der Waals surface area contributed by atoms with E-state index in [4.69, 9.17) is 4.74 Å². The van der Waals surface area contributed by atoms with Gasteiger partial charge < -0.3 is 9.84 Å². The minimum absolute atomic E-state index is 0.383. The number of aliphatic hydroxyl groups is 1. The van der Waals surface area contributed by atoms with E-state index in [2.05, 4.69) is 11.8 Å². The summed E-state index contributed by atoms with van der Waals surface area (Å²) < 4.78 is 5.05. The zero-order valence-corrected chi connectivity index (χ0v) is 9.16. The first-order valence-corrected chi connectivity index (χ1v) is 4.97. The highest BCUT2D eigenvalue weighted by atomic mass is 16.5. The maximum Gasteiger partial charge on any atom is 0.118 e. The van der Waals surface area contributed by atoms with Crippen molar-refractivity contribution in [2.45, 2.75) is 25.9 Å². The molecule has 1 unspecified atom stereocenters. The molecule has 0 heterocycles. The molecule has 0 saturated heterocycles. The van der Waals surface area contributed by atoms with Gasteiger partial charge in [-0.3, -0.25) is 0 Å². The SMILES string of the molecule is CC#CCC(O)Cc1ccc(OC)cc1. The van der Waals surface area contributed by atoms with Crippen LogP contribution in [0.3, 0.4) is 0 Å². The minimum Gasteiger partial charge on any atom is -0.497 e. The molecule has 0 radical (unpaired) electrons. The van der Waals surface area contributed by atoms with Gasteiger partial charge in [0.2, 0.25) is 0 Å². The van der Waals surface area contributed by atoms with E-state index in [0.29, 0.717) is 12.8 Å². The molecule has 0 aliphatic carbocycles. The van der Waals surface area contributed by atoms with Crippen LogP contribution in [-0.2, 0) is 6.42 Å². The second-order valence-electron chi connectivity index (χ2n) is 3.34. The normalized spacial score (nSPS) is 11.4. The van der Waals surface area contributed by atoms with Crippen LogP contribution in [0.15, 0.2) is 24.3 Å². The fourth-order valence-corrected chi connectivity index (χ4v) is 1.33. The van der Waals surface area contributed by atoms with Gasteiger partial charge in [-0.05, 0) is 31.0 Å². The first-order chi connectivity index (χ1) is 7.26. The Kier molecular flexibility index (Phi) is 4.73. The van der Waals surface area contributed by atoms with Gasteiger partial charge in [-0.25, -0.2) is 0 Å². The molecular weight excluding hydrogens is 188 g/mol. The van der Waals surface area contributed by atoms with Crippen LogP contribution in [0.25, 0.3) is 0 Å². The van der Waals surface area contributed by atoms with E-state index in [0.717, 1.165) is 11.3 Å². The first-order valence-electron chi connectivity index (χ1n) is 4.97. The lowest BCUT2D eigenvalue weighted by molar-refractivity contribution is 0.180. The molecule has 0 aliphatic rings. The number of hydrogen-bond donors (Lipinski definition) is 1. The molecule has 0 saturated carbocycles. The first kappa shape index (κ1) is 11.6. The molecule has 1 atom stereocenters. The molecule has 1 rings (SSSR count). The number of methoxy groups -OCH3 is 1. The summed E-state index contributed by atoms with van der Waals surface area (Å²) in [7, 11) is 1.64. The van der Waals surface area contributed by atoms with Crippen LogP contribution in [0.2, 0.25) is 0 Å². The van der Waals surface area contributed by atoms with Crippen LogP contribution in [0.5, 0.6) is 5.75 Å². The number of benzene rings is 1. The van der Waals surface area contributed by atoms with Gasteiger partial charge in [-0.1, -0.05) is 12.1 Å². The predicted octanol–water partition coefficient (Wildman–Crippen LogP) is 2.01. The average molecular weight is 204 g/mol. The van der Waals surface area contributed by atoms with Crippen molar-refractivity contribution in [2.75, 3.05) is 7.11 Å². The molecule has 15 heavy (non-hydrogen) atoms. The zero-order valence-electron chi connectivity index (χ0n) is 9.16. The van der Waals surface area contributed by atoms with Crippen LogP contribution in [0, 0.1) is 11.8 Å². The third-order valence-corrected chi connectivity index (χ3v) is 2.14. The maximum absolute atomic E-state index is 9.63. The Morgan fingerprint density at radius 3 is 2.53 bits per heavy atom. The lowest BCUT2D eigenvalue weighted by Gasteiger charge is -2.07. The van der Waals surface area contributed by atoms with E-state index < -0.39 is 0 Å². The molecule has 0 fully saturated rings. The lowest BCUT2D eigenvalue weighted by Crippen LogP contribution is -2.09. The van der Waals surface area contributed by atoms with Crippen molar-refractivity contribution >= 4 is 0 Å². The summed E-state index contributed by atoms with van der Waals surface area (Å²) in [5, 5.41) is 9.63. The molecule has 0 bridgehead atoms. The molecule has 1 aromatic rings. The average Bonchev–Trinajstić information content (AvgIpc) is 2.27. The van der Waals surface area contributed by atoms with Gasteiger partial charge in [0, 0.05) is 6.42 Å². The molecule has 0 aliphatic heterocycles. The van der Waals surface area contributed by atoms with Gasteiger partial charge in [0.25, 0.3) is 0 Å². The summed E-state index contributed by atoms with van der Waals surface area (Å²) in [6.45, 7) is 1.78. The number of rotatable bonds is 4. The third-order valence-electron chi connectivity index (χ3n) is 2.14. The molecular formula is C13H16O2. The maximum atomic E-state index is 9.63. The van der Waals surface area contributed by atoms with Crippen molar-refractivity contribution in [2.24, 2.45) is 0 Å². The quantitative estimate of drug-likeness (QED) is 0.760. The van der Waals surface area contributed by atoms with E-state index in [-0.39, 0.29) is 6.10 Å². The minimum atomic E-state index is -0.383. The van der Waals surface area contributed by atoms with Crippen LogP contribution in [0.4, 0.5) is 0 Å². The number of ether oxygens (including phenoxy) is 1. The van der Waals surface area contributed by atoms with E-state index >= 15 is 0 Å². The topological polar surface area (TPSA) is 29.5 Å². The van der Waals surface area contributed by atoms with E-state index in [9.17, 15) is 5.11 Å². The Morgan fingerprint density at radius 1 is 1.33 bits per heavy atom. The summed E-state index contributed by atoms with van der Waals surface area (Å²) >= 11 is 0. The summed E-state index contributed by atoms with van der Waals surface area (Å²) in [6, 6.07) is 7.71. The molecule has 0 spiro atoms. The van der Waals surface area contributed by atoms with Gasteiger partial charge in [0.15, 0.2) is 0 Å². The zero-order chi connectivity index (χ0) is 11.1. The van der Waals surface area contributed by atoms with Gasteiger partial charge in [-0.15, -0.1) is 11.8 Å². The summed E-state index contributed by atoms with van der Waals surface area (Å²) in [5.74, 6) is 6.47. The Balaban J connectivity index is 2.51. The van der Waals surface area contributed by atoms with Crippen LogP contribution < -0.4 is 4.74 Å². The lowest BCUT2D eigenvalue weighted by atomic mass is 10.1. The van der Waals surface area contributed by atoms with Crippen molar-refractivity contribution < 1.29 is 9.84 Å². The Morgan fingerprint density at radius 2 is 2.00 bits per heavy atom. The fraction of sp³-hybridized carbons (Fsp3) is 0.385. The smallest absolute Gasteiger partial charge is 0.118 e. The van der Waals surface area contributed by atoms with Gasteiger partial charge in [0.05, 0.1) is 13.2 Å². The second-order valence-corrected chi connectivity index (χ2v) is 3.34. The number of aliphatic hydroxyl groups excluding tert-OH is 1. The molecule has 2 nitrogen and oxygen atoms in total. The van der Waals surface area contributed by atoms with Crippen LogP contribution >= 0.6 is 0 Å². The van der Waals surface area contributed by atoms with Crippen LogP contribution in [-0.4, -0.2) is 18.3 Å². The van der Waals surface area contributed by atoms with Gasteiger partial charge in [-0.2, -0.15) is 0 Å². The fourth-order valence-electron chi connectivity index (χ4n) is 1.33. The standard InChI is InChI=1S/C13H16O2/c1-3-4-5-12(14)10-11-6-8-13(15-2)9-7-11/h6-9,12,14H,5,10H2,1-2H3. The van der Waals surface area contributed by atoms with Crippen LogP contribution in [0.1, 0.15) is 18.9 Å². The Labute approximate surface area is 90.9 Å². The second kappa shape index (κ2) is 6.10. The third kappa shape index (κ3) is 4.05. The molecule has 0 amide bonds. The van der Waals surface area contributed by atoms with Crippen molar-refractivity contribution in [3.05, 3.63) is 29.8 Å². The highest BCUT2D eigenvalue weighted by Crippen LogP contribution is 2.13. The molecule has 2 heteroatoms. The van der Waals surface area contributed by atoms with E-state index in [1.165, 1.54) is 0 Å². The Bertz CT molecular complexity index is 343. The summed E-state index contributed by atoms with van der Waals surface area (Å²) in [6.07, 6.45) is 0.784. The van der Waals surface area contributed by atoms with Crippen molar-refractivity contribution in [3.63, 3.8) is 0 Å². The summed E-state index contributed by atoms with van der Waals surface area (Å²) in [4.78, 5) is 0. The summed E-state index contributed by atoms with van der Waals surface area (Å²) in [5.41, 5.74) is 1.10. The van der Waals surface area contributed by atoms with Gasteiger partial charge in [0.1, 0.15) is 5.75 Å². The van der Waals surface area contributed by atoms with Crippen molar-refractivity contribution in [1.29, 1.82) is 0 Å². The largest absolute Gasteiger partial charge is 0.497 e. The molecule has 80 valence electrons. The predicted molar refractivity (Wildman–Crippen MR) is 60.8 cm³/mol. The van der Waals surface area contributed by atoms with Gasteiger partial charge >= 0.3 is 0 Å². The van der Waals surface area contributed by atoms with Crippen molar-refractivity contribution in [3.8, 4) is 17.6 Å². The molecule has 1 aromatic carbocycles. The molecule has 0 aromatic heterocycles. The van der Waals surface area contributed by atoms with E-state index in [1.54, 1.807) is 14.0 Å². The Hall–Kier alpha value is -1.46. The monoisotopic (exact) mass is 204 g/mol. The van der Waals surface area contributed by atoms with Crippen molar-refractivity contribution in [1.82, 2.24) is 0 Å². The van der Waals surface area contributed by atoms with E-state index in [1.807, 2.05) is 24.3 Å². The highest BCUT2D eigenvalue weighted by Gasteiger charge is 2.03. The molecule has 1 N–H and O–H groups in total. The number of hydrogen-bond acceptors (Lipinski definition) is 2. The highest BCUT2D eigenvalue weighted by molar-refractivity contribution is 5.27.